The molecule has 3 nitrogen and oxygen atoms in total. The van der Waals surface area contributed by atoms with Gasteiger partial charge in [0, 0.05) is 12.1 Å². The summed E-state index contributed by atoms with van der Waals surface area (Å²) in [4.78, 5) is 2.26. The molecule has 0 saturated heterocycles. The van der Waals surface area contributed by atoms with Crippen molar-refractivity contribution in [1.82, 2.24) is 4.90 Å². The Kier molecular flexibility index (Phi) is 3.52. The highest BCUT2D eigenvalue weighted by atomic mass is 15.2. The van der Waals surface area contributed by atoms with Gasteiger partial charge >= 0.3 is 0 Å². The fourth-order valence-corrected chi connectivity index (χ4v) is 3.13. The van der Waals surface area contributed by atoms with Crippen LogP contribution in [0.1, 0.15) is 24.8 Å². The summed E-state index contributed by atoms with van der Waals surface area (Å²) in [5.41, 5.74) is 13.7. The second kappa shape index (κ2) is 4.77. The molecule has 1 aliphatic carbocycles. The van der Waals surface area contributed by atoms with Crippen molar-refractivity contribution >= 4 is 0 Å². The largest absolute Gasteiger partial charge is 0.328 e. The molecule has 3 heteroatoms. The Balaban J connectivity index is 2.40. The van der Waals surface area contributed by atoms with Gasteiger partial charge in [0.05, 0.1) is 5.54 Å². The molecule has 1 fully saturated rings. The maximum absolute atomic E-state index is 6.42. The highest BCUT2D eigenvalue weighted by Crippen LogP contribution is 2.39. The summed E-state index contributed by atoms with van der Waals surface area (Å²) < 4.78 is 0. The molecule has 1 saturated carbocycles. The van der Waals surface area contributed by atoms with Gasteiger partial charge < -0.3 is 11.5 Å². The van der Waals surface area contributed by atoms with Gasteiger partial charge in [-0.3, -0.25) is 4.90 Å². The van der Waals surface area contributed by atoms with E-state index in [0.717, 1.165) is 19.3 Å². The van der Waals surface area contributed by atoms with Crippen LogP contribution >= 0.6 is 0 Å². The lowest BCUT2D eigenvalue weighted by molar-refractivity contribution is 0.0683. The van der Waals surface area contributed by atoms with E-state index in [9.17, 15) is 0 Å². The molecular weight excluding hydrogens is 210 g/mol. The van der Waals surface area contributed by atoms with Gasteiger partial charge in [0.15, 0.2) is 0 Å². The molecule has 3 atom stereocenters. The van der Waals surface area contributed by atoms with E-state index in [1.54, 1.807) is 0 Å². The van der Waals surface area contributed by atoms with Crippen molar-refractivity contribution in [3.8, 4) is 0 Å². The van der Waals surface area contributed by atoms with Gasteiger partial charge in [0.25, 0.3) is 0 Å². The lowest BCUT2D eigenvalue weighted by atomic mass is 9.71. The first kappa shape index (κ1) is 12.6. The predicted octanol–water partition coefficient (Wildman–Crippen LogP) is 1.28. The number of hydrogen-bond acceptors (Lipinski definition) is 3. The Labute approximate surface area is 104 Å². The average molecular weight is 233 g/mol. The number of hydrogen-bond donors (Lipinski definition) is 2. The first-order chi connectivity index (χ1) is 8.07. The normalized spacial score (nSPS) is 33.9. The SMILES string of the molecule is CN(C)C1(c2ccccc2)CCC(N)CC1N. The van der Waals surface area contributed by atoms with Gasteiger partial charge in [-0.15, -0.1) is 0 Å². The molecule has 1 aromatic carbocycles. The van der Waals surface area contributed by atoms with Crippen molar-refractivity contribution in [3.63, 3.8) is 0 Å². The Morgan fingerprint density at radius 1 is 1.18 bits per heavy atom. The summed E-state index contributed by atoms with van der Waals surface area (Å²) in [7, 11) is 4.23. The summed E-state index contributed by atoms with van der Waals surface area (Å²) in [6, 6.07) is 10.9. The monoisotopic (exact) mass is 233 g/mol. The van der Waals surface area contributed by atoms with E-state index in [4.69, 9.17) is 11.5 Å². The standard InChI is InChI=1S/C14H23N3/c1-17(2)14(11-6-4-3-5-7-11)9-8-12(15)10-13(14)16/h3-7,12-13H,8-10,15-16H2,1-2H3. The van der Waals surface area contributed by atoms with Crippen LogP contribution in [0.25, 0.3) is 0 Å². The van der Waals surface area contributed by atoms with E-state index in [2.05, 4.69) is 43.3 Å². The minimum Gasteiger partial charge on any atom is -0.328 e. The first-order valence-electron chi connectivity index (χ1n) is 6.31. The van der Waals surface area contributed by atoms with Crippen LogP contribution < -0.4 is 11.5 Å². The highest BCUT2D eigenvalue weighted by Gasteiger charge is 2.43. The van der Waals surface area contributed by atoms with Gasteiger partial charge in [0.1, 0.15) is 0 Å². The molecular formula is C14H23N3. The van der Waals surface area contributed by atoms with E-state index >= 15 is 0 Å². The number of nitrogens with zero attached hydrogens (tertiary/aromatic N) is 1. The third-order valence-corrected chi connectivity index (χ3v) is 4.14. The Hall–Kier alpha value is -0.900. The van der Waals surface area contributed by atoms with Crippen LogP contribution in [0.15, 0.2) is 30.3 Å². The zero-order chi connectivity index (χ0) is 12.5. The van der Waals surface area contributed by atoms with Crippen LogP contribution in [0.4, 0.5) is 0 Å². The van der Waals surface area contributed by atoms with Crippen molar-refractivity contribution in [2.75, 3.05) is 14.1 Å². The van der Waals surface area contributed by atoms with Gasteiger partial charge in [-0.25, -0.2) is 0 Å². The van der Waals surface area contributed by atoms with Gasteiger partial charge in [-0.1, -0.05) is 30.3 Å². The summed E-state index contributed by atoms with van der Waals surface area (Å²) in [5.74, 6) is 0. The summed E-state index contributed by atoms with van der Waals surface area (Å²) in [6.45, 7) is 0. The van der Waals surface area contributed by atoms with Crippen LogP contribution in [0.2, 0.25) is 0 Å². The first-order valence-corrected chi connectivity index (χ1v) is 6.31. The van der Waals surface area contributed by atoms with Gasteiger partial charge in [-0.05, 0) is 38.9 Å². The molecule has 2 rings (SSSR count). The maximum Gasteiger partial charge on any atom is 0.0609 e. The van der Waals surface area contributed by atoms with E-state index in [1.165, 1.54) is 5.56 Å². The van der Waals surface area contributed by atoms with Crippen molar-refractivity contribution in [2.45, 2.75) is 36.9 Å². The number of nitrogens with two attached hydrogens (primary N) is 2. The van der Waals surface area contributed by atoms with Gasteiger partial charge in [0.2, 0.25) is 0 Å². The number of rotatable bonds is 2. The summed E-state index contributed by atoms with van der Waals surface area (Å²) in [5, 5.41) is 0. The minimum atomic E-state index is -0.0584. The molecule has 4 N–H and O–H groups in total. The molecule has 0 aromatic heterocycles. The third kappa shape index (κ3) is 2.10. The lowest BCUT2D eigenvalue weighted by Crippen LogP contribution is -2.59. The van der Waals surface area contributed by atoms with Crippen LogP contribution in [0, 0.1) is 0 Å². The highest BCUT2D eigenvalue weighted by molar-refractivity contribution is 5.28. The van der Waals surface area contributed by atoms with Crippen LogP contribution in [-0.2, 0) is 5.54 Å². The third-order valence-electron chi connectivity index (χ3n) is 4.14. The average Bonchev–Trinajstić information content (AvgIpc) is 2.30. The fourth-order valence-electron chi connectivity index (χ4n) is 3.13. The molecule has 1 aromatic rings. The maximum atomic E-state index is 6.42. The lowest BCUT2D eigenvalue weighted by Gasteiger charge is -2.49. The van der Waals surface area contributed by atoms with Crippen LogP contribution in [-0.4, -0.2) is 31.1 Å². The molecule has 1 aliphatic rings. The molecule has 0 spiro atoms. The van der Waals surface area contributed by atoms with Crippen LogP contribution in [0.5, 0.6) is 0 Å². The van der Waals surface area contributed by atoms with Crippen molar-refractivity contribution in [3.05, 3.63) is 35.9 Å². The molecule has 0 heterocycles. The van der Waals surface area contributed by atoms with E-state index in [0.29, 0.717) is 0 Å². The topological polar surface area (TPSA) is 55.3 Å². The smallest absolute Gasteiger partial charge is 0.0609 e. The predicted molar refractivity (Wildman–Crippen MR) is 71.6 cm³/mol. The molecule has 0 radical (unpaired) electrons. The van der Waals surface area contributed by atoms with Crippen molar-refractivity contribution in [2.24, 2.45) is 11.5 Å². The van der Waals surface area contributed by atoms with Crippen molar-refractivity contribution in [1.29, 1.82) is 0 Å². The number of benzene rings is 1. The molecule has 0 bridgehead atoms. The zero-order valence-electron chi connectivity index (χ0n) is 10.8. The quantitative estimate of drug-likeness (QED) is 0.809. The molecule has 0 aliphatic heterocycles. The second-order valence-corrected chi connectivity index (χ2v) is 5.33. The van der Waals surface area contributed by atoms with E-state index in [-0.39, 0.29) is 17.6 Å². The van der Waals surface area contributed by atoms with E-state index < -0.39 is 0 Å². The second-order valence-electron chi connectivity index (χ2n) is 5.33. The van der Waals surface area contributed by atoms with Crippen molar-refractivity contribution < 1.29 is 0 Å². The summed E-state index contributed by atoms with van der Waals surface area (Å²) >= 11 is 0. The summed E-state index contributed by atoms with van der Waals surface area (Å²) in [6.07, 6.45) is 2.97. The Morgan fingerprint density at radius 2 is 1.82 bits per heavy atom. The molecule has 94 valence electrons. The fraction of sp³-hybridized carbons (Fsp3) is 0.571. The molecule has 0 amide bonds. The molecule has 3 unspecified atom stereocenters. The number of likely N-dealkylation sites (N-methyl/N-ethyl adjacent to an activating group) is 1. The Morgan fingerprint density at radius 3 is 2.35 bits per heavy atom. The van der Waals surface area contributed by atoms with Crippen LogP contribution in [0.3, 0.4) is 0 Å². The minimum absolute atomic E-state index is 0.0584. The van der Waals surface area contributed by atoms with Gasteiger partial charge in [-0.2, -0.15) is 0 Å². The molecule has 17 heavy (non-hydrogen) atoms. The Bertz CT molecular complexity index is 363. The van der Waals surface area contributed by atoms with E-state index in [1.807, 2.05) is 6.07 Å². The zero-order valence-corrected chi connectivity index (χ0v) is 10.8.